The summed E-state index contributed by atoms with van der Waals surface area (Å²) in [4.78, 5) is 11.6. The van der Waals surface area contributed by atoms with Crippen LogP contribution in [0.3, 0.4) is 0 Å². The number of piperidine rings is 1. The predicted octanol–water partition coefficient (Wildman–Crippen LogP) is 3.83. The van der Waals surface area contributed by atoms with E-state index >= 15 is 0 Å². The molecule has 168 valence electrons. The summed E-state index contributed by atoms with van der Waals surface area (Å²) in [6.07, 6.45) is 3.63. The number of aromatic nitrogens is 2. The largest absolute Gasteiger partial charge is 0.356 e. The average Bonchev–Trinajstić information content (AvgIpc) is 2.83. The zero-order valence-corrected chi connectivity index (χ0v) is 19.1. The molecule has 0 bridgehead atoms. The highest BCUT2D eigenvalue weighted by molar-refractivity contribution is 7.89. The fraction of sp³-hybridized carbons (Fsp3) is 0.333. The van der Waals surface area contributed by atoms with Crippen molar-refractivity contribution < 1.29 is 8.42 Å². The van der Waals surface area contributed by atoms with Crippen molar-refractivity contribution in [1.29, 1.82) is 0 Å². The third-order valence-corrected chi connectivity index (χ3v) is 6.97. The van der Waals surface area contributed by atoms with Gasteiger partial charge in [0.2, 0.25) is 16.0 Å². The maximum absolute atomic E-state index is 12.6. The van der Waals surface area contributed by atoms with E-state index in [2.05, 4.69) is 24.9 Å². The highest BCUT2D eigenvalue weighted by Gasteiger charge is 2.15. The number of nitrogens with one attached hydrogen (secondary N) is 2. The minimum atomic E-state index is -3.59. The van der Waals surface area contributed by atoms with Crippen LogP contribution >= 0.6 is 0 Å². The molecule has 0 unspecified atom stereocenters. The van der Waals surface area contributed by atoms with Crippen molar-refractivity contribution in [3.8, 4) is 11.1 Å². The minimum Gasteiger partial charge on any atom is -0.356 e. The number of sulfonamides is 1. The summed E-state index contributed by atoms with van der Waals surface area (Å²) in [6, 6.07) is 18.8. The molecule has 4 rings (SSSR count). The van der Waals surface area contributed by atoms with Gasteiger partial charge in [-0.1, -0.05) is 42.5 Å². The van der Waals surface area contributed by atoms with E-state index in [0.717, 1.165) is 35.7 Å². The van der Waals surface area contributed by atoms with E-state index in [1.165, 1.54) is 19.3 Å². The Bertz CT molecular complexity index is 1130. The Morgan fingerprint density at radius 1 is 0.875 bits per heavy atom. The van der Waals surface area contributed by atoms with Gasteiger partial charge < -0.3 is 10.2 Å². The van der Waals surface area contributed by atoms with Crippen LogP contribution in [-0.2, 0) is 10.0 Å². The lowest BCUT2D eigenvalue weighted by atomic mass is 10.1. The van der Waals surface area contributed by atoms with E-state index in [1.807, 2.05) is 55.5 Å². The van der Waals surface area contributed by atoms with Gasteiger partial charge in [-0.3, -0.25) is 0 Å². The third-order valence-electron chi connectivity index (χ3n) is 5.49. The van der Waals surface area contributed by atoms with Crippen LogP contribution in [0.5, 0.6) is 0 Å². The first-order valence-electron chi connectivity index (χ1n) is 11.0. The van der Waals surface area contributed by atoms with Crippen LogP contribution in [0.15, 0.2) is 65.6 Å². The lowest BCUT2D eigenvalue weighted by Gasteiger charge is -2.28. The monoisotopic (exact) mass is 451 g/mol. The molecule has 0 spiro atoms. The van der Waals surface area contributed by atoms with Crippen molar-refractivity contribution in [1.82, 2.24) is 14.7 Å². The van der Waals surface area contributed by atoms with E-state index in [0.29, 0.717) is 12.5 Å². The number of hydrogen-bond donors (Lipinski definition) is 2. The van der Waals surface area contributed by atoms with Crippen LogP contribution in [0, 0.1) is 6.92 Å². The molecule has 1 aliphatic heterocycles. The molecule has 0 radical (unpaired) electrons. The van der Waals surface area contributed by atoms with E-state index in [-0.39, 0.29) is 11.4 Å². The second kappa shape index (κ2) is 10.1. The lowest BCUT2D eigenvalue weighted by molar-refractivity contribution is 0.573. The van der Waals surface area contributed by atoms with Crippen LogP contribution in [0.25, 0.3) is 11.1 Å². The Balaban J connectivity index is 1.32. The fourth-order valence-electron chi connectivity index (χ4n) is 3.82. The van der Waals surface area contributed by atoms with Crippen LogP contribution < -0.4 is 14.9 Å². The number of benzene rings is 2. The maximum Gasteiger partial charge on any atom is 0.240 e. The van der Waals surface area contributed by atoms with Gasteiger partial charge in [-0.2, -0.15) is 4.98 Å². The van der Waals surface area contributed by atoms with Gasteiger partial charge in [0, 0.05) is 37.9 Å². The highest BCUT2D eigenvalue weighted by atomic mass is 32.2. The zero-order valence-electron chi connectivity index (χ0n) is 18.3. The Morgan fingerprint density at radius 2 is 1.56 bits per heavy atom. The van der Waals surface area contributed by atoms with Gasteiger partial charge in [0.15, 0.2) is 0 Å². The van der Waals surface area contributed by atoms with Gasteiger partial charge in [0.1, 0.15) is 5.82 Å². The highest BCUT2D eigenvalue weighted by Crippen LogP contribution is 2.21. The summed E-state index contributed by atoms with van der Waals surface area (Å²) in [5.41, 5.74) is 2.92. The van der Waals surface area contributed by atoms with Gasteiger partial charge in [0.25, 0.3) is 0 Å². The molecule has 2 aromatic carbocycles. The maximum atomic E-state index is 12.6. The molecule has 0 atom stereocenters. The SMILES string of the molecule is Cc1cc(N2CCCCC2)nc(NCCNS(=O)(=O)c2ccc(-c3ccccc3)cc2)n1. The number of nitrogens with zero attached hydrogens (tertiary/aromatic N) is 3. The molecule has 7 nitrogen and oxygen atoms in total. The predicted molar refractivity (Wildman–Crippen MR) is 128 cm³/mol. The van der Waals surface area contributed by atoms with Gasteiger partial charge in [-0.05, 0) is 49.4 Å². The Kier molecular flexibility index (Phi) is 7.02. The molecule has 8 heteroatoms. The molecule has 1 fully saturated rings. The molecule has 32 heavy (non-hydrogen) atoms. The number of rotatable bonds is 8. The van der Waals surface area contributed by atoms with Gasteiger partial charge >= 0.3 is 0 Å². The van der Waals surface area contributed by atoms with Crippen molar-refractivity contribution in [2.75, 3.05) is 36.4 Å². The Labute approximate surface area is 190 Å². The van der Waals surface area contributed by atoms with E-state index < -0.39 is 10.0 Å². The summed E-state index contributed by atoms with van der Waals surface area (Å²) in [7, 11) is -3.59. The molecule has 1 aromatic heterocycles. The summed E-state index contributed by atoms with van der Waals surface area (Å²) >= 11 is 0. The van der Waals surface area contributed by atoms with Crippen molar-refractivity contribution in [2.24, 2.45) is 0 Å². The summed E-state index contributed by atoms with van der Waals surface area (Å²) in [5, 5.41) is 3.14. The zero-order chi connectivity index (χ0) is 22.4. The summed E-state index contributed by atoms with van der Waals surface area (Å²) in [6.45, 7) is 4.60. The lowest BCUT2D eigenvalue weighted by Crippen LogP contribution is -2.31. The second-order valence-corrected chi connectivity index (χ2v) is 9.72. The van der Waals surface area contributed by atoms with E-state index in [9.17, 15) is 8.42 Å². The quantitative estimate of drug-likeness (QED) is 0.506. The molecule has 2 N–H and O–H groups in total. The van der Waals surface area contributed by atoms with Crippen LogP contribution in [0.4, 0.5) is 11.8 Å². The van der Waals surface area contributed by atoms with E-state index in [1.54, 1.807) is 12.1 Å². The number of aryl methyl sites for hydroxylation is 1. The molecule has 2 heterocycles. The van der Waals surface area contributed by atoms with Crippen LogP contribution in [-0.4, -0.2) is 44.6 Å². The first-order valence-corrected chi connectivity index (χ1v) is 12.5. The number of anilines is 2. The molecule has 1 saturated heterocycles. The van der Waals surface area contributed by atoms with Gasteiger partial charge in [0.05, 0.1) is 4.90 Å². The molecule has 0 amide bonds. The minimum absolute atomic E-state index is 0.235. The van der Waals surface area contributed by atoms with E-state index in [4.69, 9.17) is 0 Å². The standard InChI is InChI=1S/C24H29N5O2S/c1-19-18-23(29-16-6-3-7-17-29)28-24(27-19)25-14-15-26-32(30,31)22-12-10-21(11-13-22)20-8-4-2-5-9-20/h2,4-5,8-13,18,26H,3,6-7,14-17H2,1H3,(H,25,27,28). The first-order chi connectivity index (χ1) is 15.5. The van der Waals surface area contributed by atoms with Crippen LogP contribution in [0.1, 0.15) is 25.0 Å². The second-order valence-electron chi connectivity index (χ2n) is 7.95. The third kappa shape index (κ3) is 5.63. The smallest absolute Gasteiger partial charge is 0.240 e. The first kappa shape index (κ1) is 22.2. The normalized spacial score (nSPS) is 14.3. The number of hydrogen-bond acceptors (Lipinski definition) is 6. The molecule has 0 aliphatic carbocycles. The molecule has 3 aromatic rings. The molecule has 1 aliphatic rings. The topological polar surface area (TPSA) is 87.2 Å². The van der Waals surface area contributed by atoms with Crippen molar-refractivity contribution in [3.05, 3.63) is 66.4 Å². The fourth-order valence-corrected chi connectivity index (χ4v) is 4.85. The van der Waals surface area contributed by atoms with Crippen molar-refractivity contribution >= 4 is 21.8 Å². The van der Waals surface area contributed by atoms with Crippen molar-refractivity contribution in [2.45, 2.75) is 31.1 Å². The summed E-state index contributed by atoms with van der Waals surface area (Å²) < 4.78 is 27.9. The Hall–Kier alpha value is -2.97. The molecular formula is C24H29N5O2S. The van der Waals surface area contributed by atoms with Gasteiger partial charge in [-0.15, -0.1) is 0 Å². The summed E-state index contributed by atoms with van der Waals surface area (Å²) in [5.74, 6) is 1.45. The average molecular weight is 452 g/mol. The van der Waals surface area contributed by atoms with Crippen LogP contribution in [0.2, 0.25) is 0 Å². The van der Waals surface area contributed by atoms with Crippen molar-refractivity contribution in [3.63, 3.8) is 0 Å². The molecular weight excluding hydrogens is 422 g/mol. The molecule has 0 saturated carbocycles. The van der Waals surface area contributed by atoms with Gasteiger partial charge in [-0.25, -0.2) is 18.1 Å². The Morgan fingerprint density at radius 3 is 2.28 bits per heavy atom.